The summed E-state index contributed by atoms with van der Waals surface area (Å²) in [6.07, 6.45) is 1.69. The van der Waals surface area contributed by atoms with E-state index in [0.717, 1.165) is 37.3 Å². The minimum atomic E-state index is -0.279. The fraction of sp³-hybridized carbons (Fsp3) is 0.478. The van der Waals surface area contributed by atoms with Crippen LogP contribution in [0.3, 0.4) is 0 Å². The third kappa shape index (κ3) is 4.54. The third-order valence-corrected chi connectivity index (χ3v) is 6.95. The Kier molecular flexibility index (Phi) is 6.86. The van der Waals surface area contributed by atoms with Gasteiger partial charge in [-0.2, -0.15) is 0 Å². The lowest BCUT2D eigenvalue weighted by Crippen LogP contribution is -2.43. The van der Waals surface area contributed by atoms with Crippen LogP contribution in [0.5, 0.6) is 0 Å². The van der Waals surface area contributed by atoms with Crippen LogP contribution in [0.15, 0.2) is 35.1 Å². The molecule has 0 saturated carbocycles. The van der Waals surface area contributed by atoms with Crippen molar-refractivity contribution in [1.82, 2.24) is 24.8 Å². The molecule has 0 bridgehead atoms. The Morgan fingerprint density at radius 1 is 1.25 bits per heavy atom. The Hall–Kier alpha value is -2.78. The van der Waals surface area contributed by atoms with E-state index in [1.807, 2.05) is 49.2 Å². The molecule has 0 spiro atoms. The number of anilines is 1. The molecule has 0 aliphatic carbocycles. The molecule has 1 saturated heterocycles. The van der Waals surface area contributed by atoms with E-state index in [4.69, 9.17) is 4.98 Å². The van der Waals surface area contributed by atoms with Gasteiger partial charge in [0.2, 0.25) is 5.91 Å². The van der Waals surface area contributed by atoms with E-state index in [1.165, 1.54) is 11.3 Å². The van der Waals surface area contributed by atoms with Crippen LogP contribution in [0.25, 0.3) is 10.3 Å². The van der Waals surface area contributed by atoms with Gasteiger partial charge in [0.15, 0.2) is 15.5 Å². The van der Waals surface area contributed by atoms with E-state index in [2.05, 4.69) is 22.1 Å². The maximum Gasteiger partial charge on any atom is 0.281 e. The molecule has 3 heterocycles. The summed E-state index contributed by atoms with van der Waals surface area (Å²) >= 11 is 1.40. The zero-order valence-corrected chi connectivity index (χ0v) is 19.7. The summed E-state index contributed by atoms with van der Waals surface area (Å²) in [6.45, 7) is 7.31. The Labute approximate surface area is 191 Å². The molecule has 0 unspecified atom stereocenters. The lowest BCUT2D eigenvalue weighted by atomic mass is 10.2. The topological polar surface area (TPSA) is 83.4 Å². The van der Waals surface area contributed by atoms with Gasteiger partial charge in [0, 0.05) is 19.6 Å². The number of carbonyl (C=O) groups is 1. The van der Waals surface area contributed by atoms with Gasteiger partial charge in [-0.05, 0) is 38.9 Å². The lowest BCUT2D eigenvalue weighted by Gasteiger charge is -2.23. The minimum Gasteiger partial charge on any atom is -0.350 e. The smallest absolute Gasteiger partial charge is 0.281 e. The van der Waals surface area contributed by atoms with Gasteiger partial charge < -0.3 is 10.2 Å². The SMILES string of the molecule is CCN(C)Cc1nc2sc(N3CCC[C@@H]3C(=O)NCc3ccccc3)nc2c(=O)n1CC. The van der Waals surface area contributed by atoms with Crippen molar-refractivity contribution in [2.45, 2.75) is 52.4 Å². The molecular weight excluding hydrogens is 424 g/mol. The first-order chi connectivity index (χ1) is 15.5. The predicted octanol–water partition coefficient (Wildman–Crippen LogP) is 2.61. The zero-order valence-electron chi connectivity index (χ0n) is 18.9. The normalized spacial score (nSPS) is 16.2. The molecule has 8 nitrogen and oxygen atoms in total. The van der Waals surface area contributed by atoms with Crippen molar-refractivity contribution < 1.29 is 4.79 Å². The number of aromatic nitrogens is 3. The number of fused-ring (bicyclic) bond motifs is 1. The van der Waals surface area contributed by atoms with Crippen LogP contribution in [-0.2, 0) is 24.4 Å². The molecule has 1 aromatic carbocycles. The van der Waals surface area contributed by atoms with Gasteiger partial charge in [-0.15, -0.1) is 0 Å². The second kappa shape index (κ2) is 9.79. The van der Waals surface area contributed by atoms with Crippen LogP contribution in [0.2, 0.25) is 0 Å². The Balaban J connectivity index is 1.58. The molecule has 1 aliphatic rings. The summed E-state index contributed by atoms with van der Waals surface area (Å²) in [5.41, 5.74) is 1.35. The van der Waals surface area contributed by atoms with Gasteiger partial charge >= 0.3 is 0 Å². The number of thiazole rings is 1. The summed E-state index contributed by atoms with van der Waals surface area (Å²) < 4.78 is 1.70. The first-order valence-corrected chi connectivity index (χ1v) is 12.0. The average Bonchev–Trinajstić information content (AvgIpc) is 3.45. The molecule has 1 fully saturated rings. The van der Waals surface area contributed by atoms with Gasteiger partial charge in [0.25, 0.3) is 5.56 Å². The molecule has 32 heavy (non-hydrogen) atoms. The maximum atomic E-state index is 13.1. The Bertz CT molecular complexity index is 1140. The Morgan fingerprint density at radius 2 is 2.03 bits per heavy atom. The van der Waals surface area contributed by atoms with Crippen molar-refractivity contribution in [3.63, 3.8) is 0 Å². The number of rotatable bonds is 8. The van der Waals surface area contributed by atoms with E-state index in [1.54, 1.807) is 4.57 Å². The number of carbonyl (C=O) groups excluding carboxylic acids is 1. The molecule has 4 rings (SSSR count). The highest BCUT2D eigenvalue weighted by Crippen LogP contribution is 2.32. The van der Waals surface area contributed by atoms with E-state index in [0.29, 0.717) is 35.1 Å². The number of benzene rings is 1. The second-order valence-corrected chi connectivity index (χ2v) is 9.07. The summed E-state index contributed by atoms with van der Waals surface area (Å²) in [5, 5.41) is 3.75. The molecule has 2 aromatic heterocycles. The predicted molar refractivity (Wildman–Crippen MR) is 128 cm³/mol. The van der Waals surface area contributed by atoms with Gasteiger partial charge in [-0.3, -0.25) is 19.1 Å². The minimum absolute atomic E-state index is 0.00482. The van der Waals surface area contributed by atoms with Crippen LogP contribution in [-0.4, -0.2) is 51.5 Å². The van der Waals surface area contributed by atoms with E-state index >= 15 is 0 Å². The van der Waals surface area contributed by atoms with Crippen LogP contribution >= 0.6 is 11.3 Å². The molecule has 1 aliphatic heterocycles. The number of nitrogens with zero attached hydrogens (tertiary/aromatic N) is 5. The van der Waals surface area contributed by atoms with E-state index in [9.17, 15) is 9.59 Å². The molecule has 1 N–H and O–H groups in total. The van der Waals surface area contributed by atoms with Crippen molar-refractivity contribution in [3.05, 3.63) is 52.1 Å². The highest BCUT2D eigenvalue weighted by atomic mass is 32.1. The van der Waals surface area contributed by atoms with Gasteiger partial charge in [-0.25, -0.2) is 9.97 Å². The van der Waals surface area contributed by atoms with E-state index < -0.39 is 0 Å². The highest BCUT2D eigenvalue weighted by Gasteiger charge is 2.33. The summed E-state index contributed by atoms with van der Waals surface area (Å²) in [7, 11) is 2.01. The molecule has 9 heteroatoms. The van der Waals surface area contributed by atoms with Crippen LogP contribution < -0.4 is 15.8 Å². The lowest BCUT2D eigenvalue weighted by molar-refractivity contribution is -0.122. The maximum absolute atomic E-state index is 13.1. The van der Waals surface area contributed by atoms with Crippen molar-refractivity contribution in [1.29, 1.82) is 0 Å². The van der Waals surface area contributed by atoms with Gasteiger partial charge in [0.1, 0.15) is 11.9 Å². The van der Waals surface area contributed by atoms with Crippen LogP contribution in [0, 0.1) is 0 Å². The van der Waals surface area contributed by atoms with Gasteiger partial charge in [0.05, 0.1) is 6.54 Å². The molecule has 1 amide bonds. The number of hydrogen-bond donors (Lipinski definition) is 1. The van der Waals surface area contributed by atoms with Crippen LogP contribution in [0.4, 0.5) is 5.13 Å². The molecule has 1 atom stereocenters. The molecule has 0 radical (unpaired) electrons. The molecule has 3 aromatic rings. The molecule has 170 valence electrons. The van der Waals surface area contributed by atoms with Gasteiger partial charge in [-0.1, -0.05) is 48.6 Å². The monoisotopic (exact) mass is 454 g/mol. The zero-order chi connectivity index (χ0) is 22.7. The first-order valence-electron chi connectivity index (χ1n) is 11.2. The summed E-state index contributed by atoms with van der Waals surface area (Å²) in [5.74, 6) is 0.748. The Morgan fingerprint density at radius 3 is 2.75 bits per heavy atom. The highest BCUT2D eigenvalue weighted by molar-refractivity contribution is 7.21. The number of nitrogens with one attached hydrogen (secondary N) is 1. The van der Waals surface area contributed by atoms with Crippen LogP contribution in [0.1, 0.15) is 38.1 Å². The number of amides is 1. The third-order valence-electron chi connectivity index (χ3n) is 5.97. The largest absolute Gasteiger partial charge is 0.350 e. The molecular formula is C23H30N6O2S. The quantitative estimate of drug-likeness (QED) is 0.563. The van der Waals surface area contributed by atoms with E-state index in [-0.39, 0.29) is 17.5 Å². The van der Waals surface area contributed by atoms with Crippen molar-refractivity contribution in [2.24, 2.45) is 0 Å². The first kappa shape index (κ1) is 22.4. The van der Waals surface area contributed by atoms with Crippen molar-refractivity contribution in [3.8, 4) is 0 Å². The van der Waals surface area contributed by atoms with Crippen molar-refractivity contribution >= 4 is 32.7 Å². The fourth-order valence-electron chi connectivity index (χ4n) is 4.03. The summed E-state index contributed by atoms with van der Waals surface area (Å²) in [4.78, 5) is 40.3. The van der Waals surface area contributed by atoms with Crippen molar-refractivity contribution in [2.75, 3.05) is 25.0 Å². The second-order valence-electron chi connectivity index (χ2n) is 8.11. The number of hydrogen-bond acceptors (Lipinski definition) is 7. The fourth-order valence-corrected chi connectivity index (χ4v) is 5.06. The summed E-state index contributed by atoms with van der Waals surface area (Å²) in [6, 6.07) is 9.61. The average molecular weight is 455 g/mol. The standard InChI is InChI=1S/C23H30N6O2S/c1-4-27(3)15-18-25-21-19(22(31)28(18)5-2)26-23(32-21)29-13-9-12-17(29)20(30)24-14-16-10-7-6-8-11-16/h6-8,10-11,17H,4-5,9,12-15H2,1-3H3,(H,24,30)/t17-/m1/s1.